The number of ether oxygens (including phenoxy) is 1. The lowest BCUT2D eigenvalue weighted by Gasteiger charge is -2.28. The third-order valence-corrected chi connectivity index (χ3v) is 4.18. The number of aliphatic hydroxyl groups is 1. The summed E-state index contributed by atoms with van der Waals surface area (Å²) in [6.07, 6.45) is 3.33. The summed E-state index contributed by atoms with van der Waals surface area (Å²) in [6, 6.07) is 8.47. The first-order chi connectivity index (χ1) is 9.13. The quantitative estimate of drug-likeness (QED) is 0.838. The molecule has 1 N–H and O–H groups in total. The molecule has 0 aromatic heterocycles. The summed E-state index contributed by atoms with van der Waals surface area (Å²) in [5.74, 6) is 1.06. The molecular weight excluding hydrogens is 236 g/mol. The Hall–Kier alpha value is -0.860. The first-order valence-corrected chi connectivity index (χ1v) is 7.53. The predicted molar refractivity (Wildman–Crippen MR) is 78.2 cm³/mol. The fourth-order valence-electron chi connectivity index (χ4n) is 2.74. The minimum atomic E-state index is -0.532. The van der Waals surface area contributed by atoms with Crippen LogP contribution in [0.15, 0.2) is 24.3 Å². The van der Waals surface area contributed by atoms with Crippen molar-refractivity contribution in [3.05, 3.63) is 35.4 Å². The Morgan fingerprint density at radius 3 is 2.26 bits per heavy atom. The van der Waals surface area contributed by atoms with Crippen LogP contribution >= 0.6 is 0 Å². The second-order valence-electron chi connectivity index (χ2n) is 5.90. The summed E-state index contributed by atoms with van der Waals surface area (Å²) < 4.78 is 5.68. The zero-order valence-corrected chi connectivity index (χ0v) is 12.3. The van der Waals surface area contributed by atoms with Crippen molar-refractivity contribution in [3.63, 3.8) is 0 Å². The van der Waals surface area contributed by atoms with Crippen LogP contribution in [0.3, 0.4) is 0 Å². The molecule has 1 aliphatic carbocycles. The van der Waals surface area contributed by atoms with Gasteiger partial charge in [0.05, 0.1) is 6.10 Å². The van der Waals surface area contributed by atoms with E-state index in [1.807, 2.05) is 6.92 Å². The highest BCUT2D eigenvalue weighted by Crippen LogP contribution is 2.36. The Morgan fingerprint density at radius 2 is 1.84 bits per heavy atom. The van der Waals surface area contributed by atoms with Gasteiger partial charge < -0.3 is 9.84 Å². The van der Waals surface area contributed by atoms with E-state index in [9.17, 15) is 5.11 Å². The minimum Gasteiger partial charge on any atom is -0.386 e. The highest BCUT2D eigenvalue weighted by molar-refractivity contribution is 5.28. The van der Waals surface area contributed by atoms with Gasteiger partial charge in [0.1, 0.15) is 6.10 Å². The molecule has 1 fully saturated rings. The molecule has 1 saturated carbocycles. The molecule has 106 valence electrons. The standard InChI is InChI=1S/C17H26O2/c1-4-19-17(12(2)3)16(18)15-10-8-14(9-11-15)13-6-5-7-13/h8-13,16-18H,4-7H2,1-3H3. The normalized spacial score (nSPS) is 19.2. The summed E-state index contributed by atoms with van der Waals surface area (Å²) in [4.78, 5) is 0. The van der Waals surface area contributed by atoms with Crippen molar-refractivity contribution in [3.8, 4) is 0 Å². The fraction of sp³-hybridized carbons (Fsp3) is 0.647. The first kappa shape index (κ1) is 14.5. The van der Waals surface area contributed by atoms with Gasteiger partial charge in [0, 0.05) is 6.61 Å². The van der Waals surface area contributed by atoms with E-state index in [4.69, 9.17) is 4.74 Å². The van der Waals surface area contributed by atoms with Crippen LogP contribution in [0.25, 0.3) is 0 Å². The average Bonchev–Trinajstić information content (AvgIpc) is 2.33. The maximum atomic E-state index is 10.5. The highest BCUT2D eigenvalue weighted by atomic mass is 16.5. The third-order valence-electron chi connectivity index (χ3n) is 4.18. The SMILES string of the molecule is CCOC(C(C)C)C(O)c1ccc(C2CCC2)cc1. The van der Waals surface area contributed by atoms with Crippen molar-refractivity contribution >= 4 is 0 Å². The van der Waals surface area contributed by atoms with E-state index in [1.165, 1.54) is 24.8 Å². The molecule has 2 atom stereocenters. The number of aliphatic hydroxyl groups excluding tert-OH is 1. The lowest BCUT2D eigenvalue weighted by molar-refractivity contribution is -0.0585. The monoisotopic (exact) mass is 262 g/mol. The Labute approximate surface area is 116 Å². The van der Waals surface area contributed by atoms with Gasteiger partial charge in [-0.25, -0.2) is 0 Å². The van der Waals surface area contributed by atoms with E-state index in [2.05, 4.69) is 38.1 Å². The summed E-state index contributed by atoms with van der Waals surface area (Å²) in [5.41, 5.74) is 2.38. The highest BCUT2D eigenvalue weighted by Gasteiger charge is 2.25. The van der Waals surface area contributed by atoms with Crippen molar-refractivity contribution in [2.45, 2.75) is 58.2 Å². The molecule has 1 aliphatic rings. The number of benzene rings is 1. The third kappa shape index (κ3) is 3.37. The van der Waals surface area contributed by atoms with Crippen LogP contribution in [0.5, 0.6) is 0 Å². The zero-order valence-electron chi connectivity index (χ0n) is 12.3. The van der Waals surface area contributed by atoms with Crippen molar-refractivity contribution in [1.82, 2.24) is 0 Å². The summed E-state index contributed by atoms with van der Waals surface area (Å²) in [7, 11) is 0. The maximum absolute atomic E-state index is 10.5. The first-order valence-electron chi connectivity index (χ1n) is 7.53. The fourth-order valence-corrected chi connectivity index (χ4v) is 2.74. The van der Waals surface area contributed by atoms with Crippen LogP contribution in [-0.4, -0.2) is 17.8 Å². The van der Waals surface area contributed by atoms with E-state index in [0.29, 0.717) is 12.5 Å². The molecule has 0 bridgehead atoms. The molecule has 2 rings (SSSR count). The molecule has 1 aromatic rings. The topological polar surface area (TPSA) is 29.5 Å². The summed E-state index contributed by atoms with van der Waals surface area (Å²) >= 11 is 0. The molecule has 0 amide bonds. The average molecular weight is 262 g/mol. The molecule has 2 heteroatoms. The maximum Gasteiger partial charge on any atom is 0.105 e. The molecule has 2 unspecified atom stereocenters. The van der Waals surface area contributed by atoms with Crippen molar-refractivity contribution in [2.75, 3.05) is 6.61 Å². The second kappa shape index (κ2) is 6.53. The van der Waals surface area contributed by atoms with Gasteiger partial charge in [-0.2, -0.15) is 0 Å². The molecule has 19 heavy (non-hydrogen) atoms. The van der Waals surface area contributed by atoms with E-state index in [0.717, 1.165) is 11.5 Å². The van der Waals surface area contributed by atoms with E-state index in [1.54, 1.807) is 0 Å². The molecule has 0 spiro atoms. The summed E-state index contributed by atoms with van der Waals surface area (Å²) in [5, 5.41) is 10.5. The van der Waals surface area contributed by atoms with Gasteiger partial charge in [-0.3, -0.25) is 0 Å². The van der Waals surface area contributed by atoms with Gasteiger partial charge in [0.25, 0.3) is 0 Å². The lowest BCUT2D eigenvalue weighted by Crippen LogP contribution is -2.27. The van der Waals surface area contributed by atoms with Gasteiger partial charge >= 0.3 is 0 Å². The Bertz CT molecular complexity index is 379. The van der Waals surface area contributed by atoms with E-state index >= 15 is 0 Å². The van der Waals surface area contributed by atoms with Crippen molar-refractivity contribution in [1.29, 1.82) is 0 Å². The van der Waals surface area contributed by atoms with Crippen LogP contribution < -0.4 is 0 Å². The minimum absolute atomic E-state index is 0.125. The molecule has 2 nitrogen and oxygen atoms in total. The van der Waals surface area contributed by atoms with Gasteiger partial charge in [-0.15, -0.1) is 0 Å². The largest absolute Gasteiger partial charge is 0.386 e. The van der Waals surface area contributed by atoms with E-state index in [-0.39, 0.29) is 6.10 Å². The number of rotatable bonds is 6. The molecule has 0 aliphatic heterocycles. The van der Waals surface area contributed by atoms with Crippen LogP contribution in [0.4, 0.5) is 0 Å². The van der Waals surface area contributed by atoms with Crippen LogP contribution in [0, 0.1) is 5.92 Å². The smallest absolute Gasteiger partial charge is 0.105 e. The Morgan fingerprint density at radius 1 is 1.21 bits per heavy atom. The number of hydrogen-bond acceptors (Lipinski definition) is 2. The number of hydrogen-bond donors (Lipinski definition) is 1. The Balaban J connectivity index is 2.06. The molecule has 0 heterocycles. The van der Waals surface area contributed by atoms with Gasteiger partial charge in [0.15, 0.2) is 0 Å². The van der Waals surface area contributed by atoms with Crippen molar-refractivity contribution < 1.29 is 9.84 Å². The molecule has 0 radical (unpaired) electrons. The predicted octanol–water partition coefficient (Wildman–Crippen LogP) is 4.05. The van der Waals surface area contributed by atoms with Crippen molar-refractivity contribution in [2.24, 2.45) is 5.92 Å². The molecular formula is C17H26O2. The van der Waals surface area contributed by atoms with Gasteiger partial charge in [-0.1, -0.05) is 44.5 Å². The summed E-state index contributed by atoms with van der Waals surface area (Å²) in [6.45, 7) is 6.79. The molecule has 1 aromatic carbocycles. The Kier molecular flexibility index (Phi) is 5.00. The second-order valence-corrected chi connectivity index (χ2v) is 5.90. The van der Waals surface area contributed by atoms with Gasteiger partial charge in [0.2, 0.25) is 0 Å². The van der Waals surface area contributed by atoms with Crippen LogP contribution in [0.1, 0.15) is 63.2 Å². The van der Waals surface area contributed by atoms with Gasteiger partial charge in [-0.05, 0) is 42.7 Å². The lowest BCUT2D eigenvalue weighted by atomic mass is 9.79. The van der Waals surface area contributed by atoms with E-state index < -0.39 is 6.10 Å². The zero-order chi connectivity index (χ0) is 13.8. The van der Waals surface area contributed by atoms with Crippen LogP contribution in [-0.2, 0) is 4.74 Å². The van der Waals surface area contributed by atoms with Crippen LogP contribution in [0.2, 0.25) is 0 Å². The molecule has 0 saturated heterocycles.